The average molecular weight is 570 g/mol. The van der Waals surface area contributed by atoms with E-state index in [0.29, 0.717) is 11.6 Å². The normalized spacial score (nSPS) is 15.1. The third kappa shape index (κ3) is 8.12. The van der Waals surface area contributed by atoms with E-state index in [4.69, 9.17) is 0 Å². The molecule has 0 aromatic heterocycles. The summed E-state index contributed by atoms with van der Waals surface area (Å²) in [4.78, 5) is 10.6. The van der Waals surface area contributed by atoms with Crippen molar-refractivity contribution in [2.75, 3.05) is 0 Å². The van der Waals surface area contributed by atoms with Crippen molar-refractivity contribution in [1.82, 2.24) is 4.72 Å². The average Bonchev–Trinajstić information content (AvgIpc) is 2.70. The van der Waals surface area contributed by atoms with Gasteiger partial charge in [-0.2, -0.15) is 17.6 Å². The van der Waals surface area contributed by atoms with Gasteiger partial charge >= 0.3 is 12.5 Å². The van der Waals surface area contributed by atoms with Gasteiger partial charge in [0.25, 0.3) is 0 Å². The molecular weight excluding hydrogens is 536 g/mol. The standard InChI is InChI=1S/C25H33F6NO3SSi/c1-23(2,3)36(33)32-21(17-10-18(26)13-19(11-17)35-25(30,31)22(28)29)15-8-9-16(20(27)12-15)14-24(4,5)37(6,7)34/h8-13,21-22,32,34H,14H2,1-7H3/t21-,36?/m1/s1. The highest BCUT2D eigenvalue weighted by Crippen LogP contribution is 2.40. The quantitative estimate of drug-likeness (QED) is 0.186. The van der Waals surface area contributed by atoms with Crippen molar-refractivity contribution in [1.29, 1.82) is 0 Å². The minimum absolute atomic E-state index is 0.0888. The Bertz CT molecular complexity index is 1090. The molecular formula is C25H33F6NO3SSi. The summed E-state index contributed by atoms with van der Waals surface area (Å²) in [5.41, 5.74) is 0.419. The van der Waals surface area contributed by atoms with Crippen LogP contribution in [0.1, 0.15) is 57.4 Å². The third-order valence-electron chi connectivity index (χ3n) is 6.22. The van der Waals surface area contributed by atoms with E-state index < -0.39 is 65.4 Å². The number of nitrogens with one attached hydrogen (secondary N) is 1. The molecule has 208 valence electrons. The van der Waals surface area contributed by atoms with Crippen LogP contribution in [0.3, 0.4) is 0 Å². The van der Waals surface area contributed by atoms with E-state index in [-0.39, 0.29) is 17.5 Å². The molecule has 2 aromatic rings. The van der Waals surface area contributed by atoms with Crippen molar-refractivity contribution < 1.29 is 40.4 Å². The Morgan fingerprint density at radius 3 is 2.08 bits per heavy atom. The molecule has 0 aliphatic rings. The first-order chi connectivity index (χ1) is 16.6. The molecule has 2 N–H and O–H groups in total. The van der Waals surface area contributed by atoms with Crippen LogP contribution in [0.2, 0.25) is 18.1 Å². The topological polar surface area (TPSA) is 64.5 Å². The second-order valence-corrected chi connectivity index (χ2v) is 17.6. The Kier molecular flexibility index (Phi) is 9.50. The number of rotatable bonds is 10. The summed E-state index contributed by atoms with van der Waals surface area (Å²) in [6.45, 7) is 12.2. The van der Waals surface area contributed by atoms with Crippen LogP contribution in [0.5, 0.6) is 5.75 Å². The second-order valence-electron chi connectivity index (χ2n) is 11.1. The molecule has 0 saturated carbocycles. The fourth-order valence-corrected chi connectivity index (χ4v) is 4.67. The first kappa shape index (κ1) is 31.5. The lowest BCUT2D eigenvalue weighted by Crippen LogP contribution is -2.41. The van der Waals surface area contributed by atoms with Crippen molar-refractivity contribution in [2.45, 2.75) is 82.5 Å². The Labute approximate surface area is 217 Å². The van der Waals surface area contributed by atoms with Gasteiger partial charge in [0.2, 0.25) is 0 Å². The lowest BCUT2D eigenvalue weighted by molar-refractivity contribution is -0.253. The highest BCUT2D eigenvalue weighted by Gasteiger charge is 2.44. The van der Waals surface area contributed by atoms with E-state index >= 15 is 4.39 Å². The molecule has 2 rings (SSSR count). The van der Waals surface area contributed by atoms with E-state index in [1.807, 2.05) is 13.8 Å². The number of hydrogen-bond acceptors (Lipinski definition) is 4. The van der Waals surface area contributed by atoms with Crippen molar-refractivity contribution in [3.63, 3.8) is 0 Å². The Morgan fingerprint density at radius 2 is 1.59 bits per heavy atom. The molecule has 2 aromatic carbocycles. The summed E-state index contributed by atoms with van der Waals surface area (Å²) >= 11 is -1.78. The van der Waals surface area contributed by atoms with Crippen molar-refractivity contribution in [3.8, 4) is 5.75 Å². The van der Waals surface area contributed by atoms with Gasteiger partial charge in [0.05, 0.1) is 0 Å². The second kappa shape index (κ2) is 11.2. The van der Waals surface area contributed by atoms with Gasteiger partial charge in [0.1, 0.15) is 28.2 Å². The predicted molar refractivity (Wildman–Crippen MR) is 135 cm³/mol. The van der Waals surface area contributed by atoms with Gasteiger partial charge in [-0.15, -0.1) is 4.72 Å². The highest BCUT2D eigenvalue weighted by molar-refractivity contribution is 7.90. The lowest BCUT2D eigenvalue weighted by Gasteiger charge is -2.35. The predicted octanol–water partition coefficient (Wildman–Crippen LogP) is 6.86. The molecule has 0 heterocycles. The number of halogens is 6. The molecule has 37 heavy (non-hydrogen) atoms. The Balaban J connectivity index is 2.56. The summed E-state index contributed by atoms with van der Waals surface area (Å²) < 4.78 is 101. The molecule has 0 aliphatic carbocycles. The smallest absolute Gasteiger partial charge is 0.461 e. The lowest BCUT2D eigenvalue weighted by atomic mass is 9.95. The summed E-state index contributed by atoms with van der Waals surface area (Å²) in [6, 6.07) is 5.34. The monoisotopic (exact) mass is 569 g/mol. The molecule has 0 bridgehead atoms. The number of benzene rings is 2. The van der Waals surface area contributed by atoms with Crippen LogP contribution in [0.25, 0.3) is 0 Å². The molecule has 0 aliphatic heterocycles. The molecule has 0 radical (unpaired) electrons. The largest absolute Gasteiger partial charge is 0.598 e. The zero-order chi connectivity index (χ0) is 28.6. The van der Waals surface area contributed by atoms with E-state index in [0.717, 1.165) is 18.2 Å². The van der Waals surface area contributed by atoms with Crippen LogP contribution in [-0.2, 0) is 17.8 Å². The van der Waals surface area contributed by atoms with Gasteiger partial charge in [-0.05, 0) is 80.2 Å². The first-order valence-electron chi connectivity index (χ1n) is 11.5. The molecule has 4 nitrogen and oxygen atoms in total. The summed E-state index contributed by atoms with van der Waals surface area (Å²) in [6.07, 6.45) is -8.78. The molecule has 0 fully saturated rings. The van der Waals surface area contributed by atoms with Gasteiger partial charge in [-0.25, -0.2) is 8.78 Å². The first-order valence-corrected chi connectivity index (χ1v) is 15.6. The minimum Gasteiger partial charge on any atom is -0.598 e. The maximum absolute atomic E-state index is 15.2. The SMILES string of the molecule is CC(C)(C)[S+]([O-])N[C@@H](c1cc(F)cc(OC(F)(F)C(F)F)c1)c1ccc(CC(C)(C)[Si](C)(C)O)c(F)c1. The summed E-state index contributed by atoms with van der Waals surface area (Å²) in [5.74, 6) is -2.57. The van der Waals surface area contributed by atoms with Gasteiger partial charge in [0.15, 0.2) is 8.32 Å². The van der Waals surface area contributed by atoms with Gasteiger partial charge in [-0.1, -0.05) is 26.0 Å². The zero-order valence-corrected chi connectivity index (χ0v) is 23.6. The molecule has 0 amide bonds. The Hall–Kier alpha value is -1.73. The third-order valence-corrected chi connectivity index (χ3v) is 11.3. The summed E-state index contributed by atoms with van der Waals surface area (Å²) in [7, 11) is -2.65. The van der Waals surface area contributed by atoms with E-state index in [2.05, 4.69) is 9.46 Å². The summed E-state index contributed by atoms with van der Waals surface area (Å²) in [5, 5.41) is -0.564. The van der Waals surface area contributed by atoms with E-state index in [9.17, 15) is 31.3 Å². The fraction of sp³-hybridized carbons (Fsp3) is 0.520. The maximum Gasteiger partial charge on any atom is 0.461 e. The number of hydrogen-bond donors (Lipinski definition) is 2. The van der Waals surface area contributed by atoms with E-state index in [1.165, 1.54) is 12.1 Å². The van der Waals surface area contributed by atoms with Crippen molar-refractivity contribution >= 4 is 19.7 Å². The van der Waals surface area contributed by atoms with E-state index in [1.54, 1.807) is 33.9 Å². The fourth-order valence-electron chi connectivity index (χ4n) is 3.20. The zero-order valence-electron chi connectivity index (χ0n) is 21.8. The van der Waals surface area contributed by atoms with Gasteiger partial charge in [-0.3, -0.25) is 0 Å². The van der Waals surface area contributed by atoms with Crippen LogP contribution >= 0.6 is 0 Å². The van der Waals surface area contributed by atoms with Crippen LogP contribution in [0.15, 0.2) is 36.4 Å². The van der Waals surface area contributed by atoms with Crippen molar-refractivity contribution in [2.24, 2.45) is 0 Å². The highest BCUT2D eigenvalue weighted by atomic mass is 32.2. The molecule has 2 atom stereocenters. The van der Waals surface area contributed by atoms with Gasteiger partial charge < -0.3 is 14.1 Å². The van der Waals surface area contributed by atoms with Crippen LogP contribution in [0, 0.1) is 11.6 Å². The Morgan fingerprint density at radius 1 is 1.00 bits per heavy atom. The van der Waals surface area contributed by atoms with Crippen LogP contribution < -0.4 is 9.46 Å². The number of alkyl halides is 4. The van der Waals surface area contributed by atoms with Crippen molar-refractivity contribution in [3.05, 3.63) is 64.7 Å². The molecule has 0 spiro atoms. The maximum atomic E-state index is 15.2. The van der Waals surface area contributed by atoms with Crippen LogP contribution in [0.4, 0.5) is 26.3 Å². The number of ether oxygens (including phenoxy) is 1. The van der Waals surface area contributed by atoms with Crippen LogP contribution in [-0.4, -0.2) is 34.9 Å². The minimum atomic E-state index is -4.87. The molecule has 12 heteroatoms. The molecule has 0 saturated heterocycles. The van der Waals surface area contributed by atoms with Gasteiger partial charge in [0, 0.05) is 17.4 Å². The molecule has 1 unspecified atom stereocenters.